The van der Waals surface area contributed by atoms with E-state index in [1.807, 2.05) is 0 Å². The molecule has 2 atom stereocenters. The molecule has 2 N–H and O–H groups in total. The highest BCUT2D eigenvalue weighted by Gasteiger charge is 2.31. The maximum atomic E-state index is 13.1. The van der Waals surface area contributed by atoms with Gasteiger partial charge < -0.3 is 19.9 Å². The lowest BCUT2D eigenvalue weighted by Gasteiger charge is -2.29. The molecule has 0 radical (unpaired) electrons. The molecule has 1 aromatic carbocycles. The summed E-state index contributed by atoms with van der Waals surface area (Å²) in [5.74, 6) is -3.83. The number of rotatable bonds is 8. The molecule has 1 rings (SSSR count). The Morgan fingerprint density at radius 1 is 1.35 bits per heavy atom. The normalized spacial score (nSPS) is 14.7. The van der Waals surface area contributed by atoms with E-state index in [4.69, 9.17) is 14.6 Å². The first kappa shape index (κ1) is 18.8. The smallest absolute Gasteiger partial charge is 0.305 e. The minimum absolute atomic E-state index is 0.0110. The van der Waals surface area contributed by atoms with Crippen molar-refractivity contribution in [2.75, 3.05) is 13.7 Å². The van der Waals surface area contributed by atoms with E-state index in [1.54, 1.807) is 0 Å². The quantitative estimate of drug-likeness (QED) is 0.758. The molecule has 1 amide bonds. The van der Waals surface area contributed by atoms with Crippen molar-refractivity contribution in [3.63, 3.8) is 0 Å². The first-order valence-electron chi connectivity index (χ1n) is 6.81. The van der Waals surface area contributed by atoms with Gasteiger partial charge in [-0.15, -0.1) is 0 Å². The topological polar surface area (TPSA) is 84.9 Å². The Balaban J connectivity index is 2.74. The second-order valence-corrected chi connectivity index (χ2v) is 5.39. The Hall–Kier alpha value is -2.22. The molecule has 128 valence electrons. The summed E-state index contributed by atoms with van der Waals surface area (Å²) in [5, 5.41) is 11.4. The Bertz CT molecular complexity index is 581. The predicted molar refractivity (Wildman–Crippen MR) is 77.1 cm³/mol. The average molecular weight is 331 g/mol. The number of carboxylic acids is 1. The highest BCUT2D eigenvalue weighted by molar-refractivity contribution is 5.82. The Morgan fingerprint density at radius 2 is 2.00 bits per heavy atom. The van der Waals surface area contributed by atoms with Crippen LogP contribution in [0.3, 0.4) is 0 Å². The van der Waals surface area contributed by atoms with Crippen molar-refractivity contribution >= 4 is 11.9 Å². The molecule has 2 unspecified atom stereocenters. The van der Waals surface area contributed by atoms with Crippen molar-refractivity contribution in [1.29, 1.82) is 0 Å². The molecule has 0 aromatic heterocycles. The molecule has 0 bridgehead atoms. The number of aliphatic carboxylic acids is 1. The fourth-order valence-corrected chi connectivity index (χ4v) is 1.99. The summed E-state index contributed by atoms with van der Waals surface area (Å²) in [5.41, 5.74) is -1.12. The van der Waals surface area contributed by atoms with E-state index in [2.05, 4.69) is 5.32 Å². The van der Waals surface area contributed by atoms with Crippen LogP contribution in [0.4, 0.5) is 8.78 Å². The van der Waals surface area contributed by atoms with Crippen molar-refractivity contribution in [3.8, 4) is 5.75 Å². The summed E-state index contributed by atoms with van der Waals surface area (Å²) in [6.45, 7) is 2.92. The lowest BCUT2D eigenvalue weighted by Crippen LogP contribution is -2.54. The molecule has 0 fully saturated rings. The first-order valence-corrected chi connectivity index (χ1v) is 6.81. The van der Waals surface area contributed by atoms with Crippen molar-refractivity contribution in [1.82, 2.24) is 5.32 Å². The number of benzene rings is 1. The van der Waals surface area contributed by atoms with E-state index < -0.39 is 35.2 Å². The SMILES string of the molecule is COCC(C)(CC(=O)O)NC(=O)C(C)Oc1ccc(F)c(F)c1. The number of nitrogens with one attached hydrogen (secondary N) is 1. The van der Waals surface area contributed by atoms with Gasteiger partial charge in [-0.05, 0) is 26.0 Å². The molecule has 1 aromatic rings. The van der Waals surface area contributed by atoms with Gasteiger partial charge in [-0.25, -0.2) is 8.78 Å². The Morgan fingerprint density at radius 3 is 2.52 bits per heavy atom. The van der Waals surface area contributed by atoms with E-state index >= 15 is 0 Å². The van der Waals surface area contributed by atoms with Gasteiger partial charge in [-0.3, -0.25) is 9.59 Å². The number of halogens is 2. The first-order chi connectivity index (χ1) is 10.7. The summed E-state index contributed by atoms with van der Waals surface area (Å²) in [6, 6.07) is 2.90. The monoisotopic (exact) mass is 331 g/mol. The lowest BCUT2D eigenvalue weighted by molar-refractivity contribution is -0.140. The second-order valence-electron chi connectivity index (χ2n) is 5.39. The molecule has 0 saturated carbocycles. The zero-order chi connectivity index (χ0) is 17.6. The average Bonchev–Trinajstić information content (AvgIpc) is 2.41. The molecular formula is C15H19F2NO5. The molecule has 0 spiro atoms. The van der Waals surface area contributed by atoms with Crippen molar-refractivity contribution in [2.45, 2.75) is 31.9 Å². The van der Waals surface area contributed by atoms with Gasteiger partial charge in [0.1, 0.15) is 5.75 Å². The molecule has 0 aliphatic rings. The predicted octanol–water partition coefficient (Wildman–Crippen LogP) is 1.73. The second kappa shape index (κ2) is 7.87. The fraction of sp³-hybridized carbons (Fsp3) is 0.467. The van der Waals surface area contributed by atoms with Crippen LogP contribution in [0.15, 0.2) is 18.2 Å². The third-order valence-electron chi connectivity index (χ3n) is 3.00. The lowest BCUT2D eigenvalue weighted by atomic mass is 9.98. The van der Waals surface area contributed by atoms with Gasteiger partial charge in [-0.2, -0.15) is 0 Å². The molecule has 0 saturated heterocycles. The van der Waals surface area contributed by atoms with Crippen molar-refractivity contribution < 1.29 is 33.0 Å². The minimum atomic E-state index is -1.12. The van der Waals surface area contributed by atoms with Crippen LogP contribution >= 0.6 is 0 Å². The third-order valence-corrected chi connectivity index (χ3v) is 3.00. The van der Waals surface area contributed by atoms with E-state index in [0.717, 1.165) is 12.1 Å². The van der Waals surface area contributed by atoms with Crippen molar-refractivity contribution in [3.05, 3.63) is 29.8 Å². The van der Waals surface area contributed by atoms with Crippen LogP contribution in [0, 0.1) is 11.6 Å². The van der Waals surface area contributed by atoms with Crippen LogP contribution < -0.4 is 10.1 Å². The largest absolute Gasteiger partial charge is 0.481 e. The zero-order valence-corrected chi connectivity index (χ0v) is 13.1. The summed E-state index contributed by atoms with van der Waals surface area (Å²) in [7, 11) is 1.38. The number of amides is 1. The van der Waals surface area contributed by atoms with Gasteiger partial charge in [-0.1, -0.05) is 0 Å². The van der Waals surface area contributed by atoms with Crippen LogP contribution in [-0.4, -0.2) is 42.3 Å². The van der Waals surface area contributed by atoms with Crippen LogP contribution in [0.2, 0.25) is 0 Å². The number of hydrogen-bond acceptors (Lipinski definition) is 4. The number of carbonyl (C=O) groups excluding carboxylic acids is 1. The number of carboxylic acid groups (broad SMARTS) is 1. The number of methoxy groups -OCH3 is 1. The van der Waals surface area contributed by atoms with E-state index in [1.165, 1.54) is 27.0 Å². The van der Waals surface area contributed by atoms with Crippen LogP contribution in [0.1, 0.15) is 20.3 Å². The maximum Gasteiger partial charge on any atom is 0.305 e. The molecule has 0 aliphatic carbocycles. The van der Waals surface area contributed by atoms with Crippen LogP contribution in [0.5, 0.6) is 5.75 Å². The van der Waals surface area contributed by atoms with Gasteiger partial charge in [0.15, 0.2) is 17.7 Å². The fourth-order valence-electron chi connectivity index (χ4n) is 1.99. The number of ether oxygens (including phenoxy) is 2. The number of hydrogen-bond donors (Lipinski definition) is 2. The van der Waals surface area contributed by atoms with E-state index in [0.29, 0.717) is 0 Å². The van der Waals surface area contributed by atoms with Gasteiger partial charge >= 0.3 is 5.97 Å². The van der Waals surface area contributed by atoms with Gasteiger partial charge in [0.25, 0.3) is 5.91 Å². The number of carbonyl (C=O) groups is 2. The van der Waals surface area contributed by atoms with Gasteiger partial charge in [0.2, 0.25) is 0 Å². The molecule has 8 heteroatoms. The highest BCUT2D eigenvalue weighted by atomic mass is 19.2. The standard InChI is InChI=1S/C15H19F2NO5/c1-9(23-10-4-5-11(16)12(17)6-10)14(21)18-15(2,8-22-3)7-13(19)20/h4-6,9H,7-8H2,1-3H3,(H,18,21)(H,19,20). The molecule has 6 nitrogen and oxygen atoms in total. The molecule has 23 heavy (non-hydrogen) atoms. The molecule has 0 heterocycles. The molecular weight excluding hydrogens is 312 g/mol. The van der Waals surface area contributed by atoms with Crippen molar-refractivity contribution in [2.24, 2.45) is 0 Å². The minimum Gasteiger partial charge on any atom is -0.481 e. The highest BCUT2D eigenvalue weighted by Crippen LogP contribution is 2.17. The maximum absolute atomic E-state index is 13.1. The summed E-state index contributed by atoms with van der Waals surface area (Å²) in [6.07, 6.45) is -1.38. The summed E-state index contributed by atoms with van der Waals surface area (Å²) < 4.78 is 36.1. The van der Waals surface area contributed by atoms with Gasteiger partial charge in [0, 0.05) is 13.2 Å². The zero-order valence-electron chi connectivity index (χ0n) is 13.1. The molecule has 0 aliphatic heterocycles. The Labute approximate surface area is 132 Å². The van der Waals surface area contributed by atoms with Crippen LogP contribution in [0.25, 0.3) is 0 Å². The van der Waals surface area contributed by atoms with Crippen LogP contribution in [-0.2, 0) is 14.3 Å². The summed E-state index contributed by atoms with van der Waals surface area (Å²) >= 11 is 0. The third kappa shape index (κ3) is 5.82. The Kier molecular flexibility index (Phi) is 6.44. The summed E-state index contributed by atoms with van der Waals surface area (Å²) in [4.78, 5) is 23.0. The van der Waals surface area contributed by atoms with E-state index in [9.17, 15) is 18.4 Å². The van der Waals surface area contributed by atoms with Gasteiger partial charge in [0.05, 0.1) is 18.6 Å². The van der Waals surface area contributed by atoms with E-state index in [-0.39, 0.29) is 18.8 Å².